The summed E-state index contributed by atoms with van der Waals surface area (Å²) in [6, 6.07) is 13.2. The zero-order valence-corrected chi connectivity index (χ0v) is 13.2. The molecule has 4 nitrogen and oxygen atoms in total. The molecule has 0 heterocycles. The molecule has 6 heteroatoms. The highest BCUT2D eigenvalue weighted by atomic mass is 79.9. The van der Waals surface area contributed by atoms with Gasteiger partial charge in [0.1, 0.15) is 0 Å². The van der Waals surface area contributed by atoms with E-state index in [1.807, 2.05) is 0 Å². The average Bonchev–Trinajstić information content (AvgIpc) is 2.47. The molecule has 0 saturated carbocycles. The molecule has 0 amide bonds. The lowest BCUT2D eigenvalue weighted by Gasteiger charge is -2.05. The quantitative estimate of drug-likeness (QED) is 0.598. The van der Waals surface area contributed by atoms with Crippen LogP contribution < -0.4 is 4.18 Å². The van der Waals surface area contributed by atoms with E-state index in [2.05, 4.69) is 15.9 Å². The Morgan fingerprint density at radius 2 is 1.67 bits per heavy atom. The van der Waals surface area contributed by atoms with Crippen LogP contribution in [0.15, 0.2) is 58.4 Å². The lowest BCUT2D eigenvalue weighted by atomic mass is 10.2. The van der Waals surface area contributed by atoms with E-state index in [9.17, 15) is 13.2 Å². The number of carbonyl (C=O) groups is 1. The first kappa shape index (κ1) is 15.5. The van der Waals surface area contributed by atoms with Gasteiger partial charge in [0.25, 0.3) is 0 Å². The minimum Gasteiger partial charge on any atom is -0.379 e. The standard InChI is InChI=1S/C15H11BrO4S/c16-14-7-5-12(6-8-14)9-10-21(18,19)20-15-4-2-1-3-13(15)11-17/h1-11H/b10-9+. The third-order valence-corrected chi connectivity index (χ3v) is 3.96. The van der Waals surface area contributed by atoms with Crippen LogP contribution in [0.5, 0.6) is 5.75 Å². The Morgan fingerprint density at radius 3 is 2.33 bits per heavy atom. The normalized spacial score (nSPS) is 11.5. The molecule has 0 spiro atoms. The molecular weight excluding hydrogens is 356 g/mol. The molecule has 0 unspecified atom stereocenters. The number of rotatable bonds is 5. The Morgan fingerprint density at radius 1 is 1.00 bits per heavy atom. The second-order valence-corrected chi connectivity index (χ2v) is 6.43. The smallest absolute Gasteiger partial charge is 0.332 e. The number of benzene rings is 2. The molecule has 0 aromatic heterocycles. The second-order valence-electron chi connectivity index (χ2n) is 4.09. The van der Waals surface area contributed by atoms with Crippen molar-refractivity contribution in [3.05, 3.63) is 69.5 Å². The van der Waals surface area contributed by atoms with E-state index in [4.69, 9.17) is 4.18 Å². The first-order valence-electron chi connectivity index (χ1n) is 5.92. The van der Waals surface area contributed by atoms with Crippen LogP contribution in [0.3, 0.4) is 0 Å². The monoisotopic (exact) mass is 366 g/mol. The van der Waals surface area contributed by atoms with Crippen molar-refractivity contribution in [1.29, 1.82) is 0 Å². The first-order valence-corrected chi connectivity index (χ1v) is 8.19. The summed E-state index contributed by atoms with van der Waals surface area (Å²) in [5, 5.41) is 0.956. The molecule has 0 aliphatic heterocycles. The Hall–Kier alpha value is -1.92. The molecule has 0 fully saturated rings. The molecule has 21 heavy (non-hydrogen) atoms. The largest absolute Gasteiger partial charge is 0.379 e. The number of hydrogen-bond donors (Lipinski definition) is 0. The van der Waals surface area contributed by atoms with Gasteiger partial charge in [-0.05, 0) is 35.9 Å². The van der Waals surface area contributed by atoms with Gasteiger partial charge in [0.2, 0.25) is 0 Å². The van der Waals surface area contributed by atoms with Gasteiger partial charge in [-0.3, -0.25) is 4.79 Å². The van der Waals surface area contributed by atoms with E-state index in [0.717, 1.165) is 9.88 Å². The van der Waals surface area contributed by atoms with Crippen LogP contribution in [0.2, 0.25) is 0 Å². The number of para-hydroxylation sites is 1. The van der Waals surface area contributed by atoms with E-state index in [-0.39, 0.29) is 11.3 Å². The predicted molar refractivity (Wildman–Crippen MR) is 84.6 cm³/mol. The maximum atomic E-state index is 11.9. The van der Waals surface area contributed by atoms with Gasteiger partial charge in [-0.15, -0.1) is 0 Å². The molecule has 2 rings (SSSR count). The molecule has 0 atom stereocenters. The maximum absolute atomic E-state index is 11.9. The third-order valence-electron chi connectivity index (χ3n) is 2.55. The fourth-order valence-electron chi connectivity index (χ4n) is 1.54. The van der Waals surface area contributed by atoms with Crippen molar-refractivity contribution in [2.75, 3.05) is 0 Å². The van der Waals surface area contributed by atoms with E-state index in [1.54, 1.807) is 36.4 Å². The van der Waals surface area contributed by atoms with E-state index in [0.29, 0.717) is 11.8 Å². The molecule has 0 radical (unpaired) electrons. The third kappa shape index (κ3) is 4.54. The van der Waals surface area contributed by atoms with Gasteiger partial charge in [0.05, 0.1) is 11.0 Å². The maximum Gasteiger partial charge on any atom is 0.332 e. The summed E-state index contributed by atoms with van der Waals surface area (Å²) in [5.41, 5.74) is 0.896. The minimum atomic E-state index is -3.93. The SMILES string of the molecule is O=Cc1ccccc1OS(=O)(=O)/C=C/c1ccc(Br)cc1. The molecular formula is C15H11BrO4S. The van der Waals surface area contributed by atoms with Crippen LogP contribution in [-0.2, 0) is 10.1 Å². The lowest BCUT2D eigenvalue weighted by molar-refractivity contribution is 0.112. The number of aldehydes is 1. The molecule has 0 bridgehead atoms. The van der Waals surface area contributed by atoms with Crippen LogP contribution in [0.4, 0.5) is 0 Å². The second kappa shape index (κ2) is 6.69. The van der Waals surface area contributed by atoms with Crippen LogP contribution in [0.25, 0.3) is 6.08 Å². The summed E-state index contributed by atoms with van der Waals surface area (Å²) in [6.07, 6.45) is 1.97. The van der Waals surface area contributed by atoms with Crippen molar-refractivity contribution < 1.29 is 17.4 Å². The Balaban J connectivity index is 2.19. The Labute approximate surface area is 131 Å². The van der Waals surface area contributed by atoms with Crippen molar-refractivity contribution in [3.8, 4) is 5.75 Å². The fraction of sp³-hybridized carbons (Fsp3) is 0. The molecule has 2 aromatic carbocycles. The molecule has 2 aromatic rings. The fourth-order valence-corrected chi connectivity index (χ4v) is 2.59. The zero-order chi connectivity index (χ0) is 15.3. The highest BCUT2D eigenvalue weighted by Gasteiger charge is 2.11. The summed E-state index contributed by atoms with van der Waals surface area (Å²) in [4.78, 5) is 10.8. The number of hydrogen-bond acceptors (Lipinski definition) is 4. The van der Waals surface area contributed by atoms with Gasteiger partial charge in [0, 0.05) is 4.47 Å². The van der Waals surface area contributed by atoms with Crippen molar-refractivity contribution in [3.63, 3.8) is 0 Å². The Bertz CT molecular complexity index is 765. The molecule has 0 saturated heterocycles. The van der Waals surface area contributed by atoms with Gasteiger partial charge in [-0.25, -0.2) is 0 Å². The zero-order valence-electron chi connectivity index (χ0n) is 10.8. The topological polar surface area (TPSA) is 60.4 Å². The molecule has 0 aliphatic carbocycles. The van der Waals surface area contributed by atoms with Crippen LogP contribution in [0, 0.1) is 0 Å². The van der Waals surface area contributed by atoms with Crippen LogP contribution in [-0.4, -0.2) is 14.7 Å². The number of carbonyl (C=O) groups excluding carboxylic acids is 1. The van der Waals surface area contributed by atoms with Gasteiger partial charge in [-0.2, -0.15) is 8.42 Å². The van der Waals surface area contributed by atoms with Crippen LogP contribution >= 0.6 is 15.9 Å². The van der Waals surface area contributed by atoms with Gasteiger partial charge in [-0.1, -0.05) is 40.2 Å². The highest BCUT2D eigenvalue weighted by molar-refractivity contribution is 9.10. The molecule has 0 aliphatic rings. The van der Waals surface area contributed by atoms with Crippen molar-refractivity contribution in [1.82, 2.24) is 0 Å². The van der Waals surface area contributed by atoms with Gasteiger partial charge in [0.15, 0.2) is 12.0 Å². The van der Waals surface area contributed by atoms with Crippen molar-refractivity contribution in [2.45, 2.75) is 0 Å². The highest BCUT2D eigenvalue weighted by Crippen LogP contribution is 2.19. The summed E-state index contributed by atoms with van der Waals surface area (Å²) in [6.45, 7) is 0. The average molecular weight is 367 g/mol. The van der Waals surface area contributed by atoms with Crippen LogP contribution in [0.1, 0.15) is 15.9 Å². The molecule has 0 N–H and O–H groups in total. The predicted octanol–water partition coefficient (Wildman–Crippen LogP) is 3.64. The summed E-state index contributed by atoms with van der Waals surface area (Å²) in [7, 11) is -3.93. The summed E-state index contributed by atoms with van der Waals surface area (Å²) >= 11 is 3.30. The lowest BCUT2D eigenvalue weighted by Crippen LogP contribution is -2.06. The van der Waals surface area contributed by atoms with E-state index < -0.39 is 10.1 Å². The van der Waals surface area contributed by atoms with Crippen molar-refractivity contribution in [2.24, 2.45) is 0 Å². The minimum absolute atomic E-state index is 0.00737. The van der Waals surface area contributed by atoms with E-state index >= 15 is 0 Å². The first-order chi connectivity index (χ1) is 10.00. The summed E-state index contributed by atoms with van der Waals surface area (Å²) in [5.74, 6) is 0.00737. The molecule has 108 valence electrons. The summed E-state index contributed by atoms with van der Waals surface area (Å²) < 4.78 is 29.6. The van der Waals surface area contributed by atoms with Gasteiger partial charge >= 0.3 is 10.1 Å². The van der Waals surface area contributed by atoms with Crippen molar-refractivity contribution >= 4 is 38.4 Å². The van der Waals surface area contributed by atoms with E-state index in [1.165, 1.54) is 18.2 Å². The Kier molecular flexibility index (Phi) is 4.93. The number of halogens is 1. The van der Waals surface area contributed by atoms with Gasteiger partial charge < -0.3 is 4.18 Å².